The Hall–Kier alpha value is -1.71. The Balaban J connectivity index is 2.28. The molecule has 2 rings (SSSR count). The van der Waals surface area contributed by atoms with E-state index in [0.29, 0.717) is 27.0 Å². The topological polar surface area (TPSA) is 38.3 Å². The first-order chi connectivity index (χ1) is 9.52. The van der Waals surface area contributed by atoms with Crippen molar-refractivity contribution in [2.45, 2.75) is 6.92 Å². The van der Waals surface area contributed by atoms with E-state index in [9.17, 15) is 4.79 Å². The zero-order valence-corrected chi connectivity index (χ0v) is 12.5. The maximum absolute atomic E-state index is 12.3. The van der Waals surface area contributed by atoms with E-state index >= 15 is 0 Å². The number of methoxy groups -OCH3 is 1. The molecule has 20 heavy (non-hydrogen) atoms. The molecule has 0 saturated heterocycles. The molecule has 0 bridgehead atoms. The highest BCUT2D eigenvalue weighted by atomic mass is 35.5. The number of benzene rings is 2. The number of aryl methyl sites for hydroxylation is 1. The molecule has 1 N–H and O–H groups in total. The van der Waals surface area contributed by atoms with Crippen molar-refractivity contribution in [3.05, 3.63) is 57.6 Å². The molecule has 0 saturated carbocycles. The quantitative estimate of drug-likeness (QED) is 0.902. The zero-order valence-electron chi connectivity index (χ0n) is 11.0. The van der Waals surface area contributed by atoms with Gasteiger partial charge in [-0.2, -0.15) is 0 Å². The van der Waals surface area contributed by atoms with Crippen LogP contribution in [0.2, 0.25) is 10.0 Å². The minimum Gasteiger partial charge on any atom is -0.496 e. The average Bonchev–Trinajstić information content (AvgIpc) is 2.42. The fourth-order valence-electron chi connectivity index (χ4n) is 1.87. The Bertz CT molecular complexity index is 656. The van der Waals surface area contributed by atoms with Crippen LogP contribution in [-0.2, 0) is 0 Å². The van der Waals surface area contributed by atoms with Gasteiger partial charge in [-0.15, -0.1) is 0 Å². The molecular weight excluding hydrogens is 297 g/mol. The zero-order chi connectivity index (χ0) is 14.7. The summed E-state index contributed by atoms with van der Waals surface area (Å²) in [4.78, 5) is 12.3. The fraction of sp³-hybridized carbons (Fsp3) is 0.133. The van der Waals surface area contributed by atoms with Crippen LogP contribution in [0.5, 0.6) is 5.75 Å². The highest BCUT2D eigenvalue weighted by molar-refractivity contribution is 6.42. The van der Waals surface area contributed by atoms with Gasteiger partial charge < -0.3 is 10.1 Å². The first-order valence-electron chi connectivity index (χ1n) is 5.93. The molecule has 104 valence electrons. The molecule has 0 heterocycles. The third-order valence-corrected chi connectivity index (χ3v) is 3.58. The molecule has 0 unspecified atom stereocenters. The molecule has 0 aliphatic heterocycles. The molecule has 0 fully saturated rings. The van der Waals surface area contributed by atoms with E-state index in [2.05, 4.69) is 5.32 Å². The first kappa shape index (κ1) is 14.7. The van der Waals surface area contributed by atoms with Crippen LogP contribution < -0.4 is 10.1 Å². The lowest BCUT2D eigenvalue weighted by atomic mass is 10.1. The van der Waals surface area contributed by atoms with Crippen LogP contribution >= 0.6 is 23.2 Å². The molecule has 2 aromatic rings. The van der Waals surface area contributed by atoms with Crippen molar-refractivity contribution in [1.82, 2.24) is 0 Å². The largest absolute Gasteiger partial charge is 0.496 e. The molecule has 1 amide bonds. The van der Waals surface area contributed by atoms with Gasteiger partial charge in [0.1, 0.15) is 5.75 Å². The number of anilines is 1. The van der Waals surface area contributed by atoms with Crippen molar-refractivity contribution >= 4 is 34.8 Å². The lowest BCUT2D eigenvalue weighted by Crippen LogP contribution is -2.13. The number of halogens is 2. The Morgan fingerprint density at radius 2 is 1.90 bits per heavy atom. The lowest BCUT2D eigenvalue weighted by molar-refractivity contribution is 0.102. The molecule has 0 aliphatic rings. The third kappa shape index (κ3) is 3.06. The summed E-state index contributed by atoms with van der Waals surface area (Å²) in [6.07, 6.45) is 0. The number of amides is 1. The van der Waals surface area contributed by atoms with Gasteiger partial charge >= 0.3 is 0 Å². The van der Waals surface area contributed by atoms with Crippen LogP contribution in [0.1, 0.15) is 15.9 Å². The van der Waals surface area contributed by atoms with Gasteiger partial charge in [0.05, 0.1) is 22.7 Å². The van der Waals surface area contributed by atoms with E-state index in [-0.39, 0.29) is 5.91 Å². The lowest BCUT2D eigenvalue weighted by Gasteiger charge is -2.11. The number of hydrogen-bond donors (Lipinski definition) is 1. The van der Waals surface area contributed by atoms with Gasteiger partial charge in [0.2, 0.25) is 0 Å². The number of ether oxygens (including phenoxy) is 1. The second kappa shape index (κ2) is 6.16. The number of carbonyl (C=O) groups is 1. The van der Waals surface area contributed by atoms with Crippen molar-refractivity contribution in [3.8, 4) is 5.75 Å². The first-order valence-corrected chi connectivity index (χ1v) is 6.68. The Labute approximate surface area is 127 Å². The monoisotopic (exact) mass is 309 g/mol. The third-order valence-electron chi connectivity index (χ3n) is 2.84. The Morgan fingerprint density at radius 1 is 1.15 bits per heavy atom. The van der Waals surface area contributed by atoms with Crippen LogP contribution in [0, 0.1) is 6.92 Å². The van der Waals surface area contributed by atoms with Crippen molar-refractivity contribution in [3.63, 3.8) is 0 Å². The second-order valence-corrected chi connectivity index (χ2v) is 5.05. The van der Waals surface area contributed by atoms with E-state index in [0.717, 1.165) is 5.56 Å². The van der Waals surface area contributed by atoms with Crippen LogP contribution in [0.15, 0.2) is 36.4 Å². The van der Waals surface area contributed by atoms with Crippen molar-refractivity contribution in [1.29, 1.82) is 0 Å². The van der Waals surface area contributed by atoms with Gasteiger partial charge in [0.15, 0.2) is 0 Å². The fourth-order valence-corrected chi connectivity index (χ4v) is 2.17. The van der Waals surface area contributed by atoms with Crippen molar-refractivity contribution < 1.29 is 9.53 Å². The number of rotatable bonds is 3. The summed E-state index contributed by atoms with van der Waals surface area (Å²) in [5, 5.41) is 3.60. The minimum absolute atomic E-state index is 0.260. The molecule has 5 heteroatoms. The van der Waals surface area contributed by atoms with Crippen molar-refractivity contribution in [2.24, 2.45) is 0 Å². The normalized spacial score (nSPS) is 10.2. The molecule has 0 aromatic heterocycles. The van der Waals surface area contributed by atoms with Crippen LogP contribution in [0.3, 0.4) is 0 Å². The predicted octanol–water partition coefficient (Wildman–Crippen LogP) is 4.56. The summed E-state index contributed by atoms with van der Waals surface area (Å²) < 4.78 is 5.27. The summed E-state index contributed by atoms with van der Waals surface area (Å²) in [6.45, 7) is 1.88. The predicted molar refractivity (Wildman–Crippen MR) is 82.1 cm³/mol. The highest BCUT2D eigenvalue weighted by Crippen LogP contribution is 2.27. The molecule has 0 radical (unpaired) electrons. The second-order valence-electron chi connectivity index (χ2n) is 4.24. The maximum atomic E-state index is 12.3. The smallest absolute Gasteiger partial charge is 0.259 e. The van der Waals surface area contributed by atoms with E-state index in [1.54, 1.807) is 24.3 Å². The number of para-hydroxylation sites is 1. The summed E-state index contributed by atoms with van der Waals surface area (Å²) in [5.41, 5.74) is 1.95. The molecule has 0 aliphatic carbocycles. The molecule has 3 nitrogen and oxygen atoms in total. The number of nitrogens with one attached hydrogen (secondary N) is 1. The van der Waals surface area contributed by atoms with Gasteiger partial charge in [0.25, 0.3) is 5.91 Å². The van der Waals surface area contributed by atoms with Crippen LogP contribution in [0.4, 0.5) is 5.69 Å². The van der Waals surface area contributed by atoms with Gasteiger partial charge in [-0.05, 0) is 36.8 Å². The Morgan fingerprint density at radius 3 is 2.55 bits per heavy atom. The van der Waals surface area contributed by atoms with Gasteiger partial charge in [-0.1, -0.05) is 35.3 Å². The standard InChI is InChI=1S/C15H13Cl2NO2/c1-9-4-3-5-11(14(9)20-2)15(19)18-10-6-7-12(16)13(17)8-10/h3-8H,1-2H3,(H,18,19). The SMILES string of the molecule is COc1c(C)cccc1C(=O)Nc1ccc(Cl)c(Cl)c1. The van der Waals surface area contributed by atoms with Gasteiger partial charge in [-0.25, -0.2) is 0 Å². The van der Waals surface area contributed by atoms with E-state index in [1.807, 2.05) is 19.1 Å². The van der Waals surface area contributed by atoms with Crippen LogP contribution in [-0.4, -0.2) is 13.0 Å². The summed E-state index contributed by atoms with van der Waals surface area (Å²) in [7, 11) is 1.54. The maximum Gasteiger partial charge on any atom is 0.259 e. The molecule has 0 atom stereocenters. The number of carbonyl (C=O) groups excluding carboxylic acids is 1. The molecule has 2 aromatic carbocycles. The minimum atomic E-state index is -0.260. The molecule has 0 spiro atoms. The highest BCUT2D eigenvalue weighted by Gasteiger charge is 2.14. The Kier molecular flexibility index (Phi) is 4.53. The molecular formula is C15H13Cl2NO2. The average molecular weight is 310 g/mol. The summed E-state index contributed by atoms with van der Waals surface area (Å²) >= 11 is 11.8. The van der Waals surface area contributed by atoms with E-state index in [4.69, 9.17) is 27.9 Å². The summed E-state index contributed by atoms with van der Waals surface area (Å²) in [6, 6.07) is 10.3. The van der Waals surface area contributed by atoms with Gasteiger partial charge in [0, 0.05) is 5.69 Å². The van der Waals surface area contributed by atoms with Gasteiger partial charge in [-0.3, -0.25) is 4.79 Å². The van der Waals surface area contributed by atoms with Crippen molar-refractivity contribution in [2.75, 3.05) is 12.4 Å². The van der Waals surface area contributed by atoms with Crippen LogP contribution in [0.25, 0.3) is 0 Å². The summed E-state index contributed by atoms with van der Waals surface area (Å²) in [5.74, 6) is 0.300. The number of hydrogen-bond acceptors (Lipinski definition) is 2. The van der Waals surface area contributed by atoms with E-state index in [1.165, 1.54) is 7.11 Å². The van der Waals surface area contributed by atoms with E-state index < -0.39 is 0 Å².